The summed E-state index contributed by atoms with van der Waals surface area (Å²) in [6.07, 6.45) is -4.74. The quantitative estimate of drug-likeness (QED) is 0.690. The lowest BCUT2D eigenvalue weighted by Gasteiger charge is -2.12. The number of carbonyl (C=O) groups excluding carboxylic acids is 1. The van der Waals surface area contributed by atoms with Crippen LogP contribution in [0.4, 0.5) is 14.5 Å². The maximum atomic E-state index is 12.0. The van der Waals surface area contributed by atoms with Crippen LogP contribution in [0.1, 0.15) is 15.9 Å². The molecule has 0 aliphatic rings. The second-order valence-corrected chi connectivity index (χ2v) is 3.63. The molecule has 0 aliphatic heterocycles. The summed E-state index contributed by atoms with van der Waals surface area (Å²) in [7, 11) is 0. The predicted molar refractivity (Wildman–Crippen MR) is 59.9 cm³/mol. The van der Waals surface area contributed by atoms with Crippen LogP contribution in [-0.2, 0) is 0 Å². The molecule has 0 aliphatic carbocycles. The van der Waals surface area contributed by atoms with Gasteiger partial charge < -0.3 is 16.2 Å². The van der Waals surface area contributed by atoms with Gasteiger partial charge in [0.2, 0.25) is 0 Å². The number of hydrogen-bond donors (Lipinski definition) is 3. The number of amides is 1. The van der Waals surface area contributed by atoms with Crippen molar-refractivity contribution in [1.82, 2.24) is 5.32 Å². The largest absolute Gasteiger partial charge is 0.398 e. The second kappa shape index (κ2) is 5.58. The van der Waals surface area contributed by atoms with Gasteiger partial charge in [-0.3, -0.25) is 4.79 Å². The van der Waals surface area contributed by atoms with Crippen LogP contribution in [0.5, 0.6) is 0 Å². The third-order valence-electron chi connectivity index (χ3n) is 2.38. The number of nitrogens with one attached hydrogen (secondary N) is 1. The minimum absolute atomic E-state index is 0.312. The Balaban J connectivity index is 2.68. The number of aliphatic hydroxyl groups is 1. The highest BCUT2D eigenvalue weighted by Gasteiger charge is 2.18. The molecule has 1 amide bonds. The summed E-state index contributed by atoms with van der Waals surface area (Å²) in [5, 5.41) is 11.1. The Labute approximate surface area is 97.4 Å². The third kappa shape index (κ3) is 3.39. The maximum absolute atomic E-state index is 12.0. The molecule has 1 unspecified atom stereocenters. The number of rotatable bonds is 4. The Morgan fingerprint density at radius 1 is 1.53 bits per heavy atom. The zero-order chi connectivity index (χ0) is 13.0. The van der Waals surface area contributed by atoms with Gasteiger partial charge in [0, 0.05) is 17.8 Å². The average Bonchev–Trinajstić information content (AvgIpc) is 2.29. The van der Waals surface area contributed by atoms with Crippen molar-refractivity contribution in [1.29, 1.82) is 0 Å². The van der Waals surface area contributed by atoms with Crippen molar-refractivity contribution >= 4 is 11.6 Å². The lowest BCUT2D eigenvalue weighted by atomic mass is 10.1. The van der Waals surface area contributed by atoms with Crippen molar-refractivity contribution in [3.63, 3.8) is 0 Å². The smallest absolute Gasteiger partial charge is 0.265 e. The predicted octanol–water partition coefficient (Wildman–Crippen LogP) is 0.933. The molecule has 0 radical (unpaired) electrons. The van der Waals surface area contributed by atoms with Gasteiger partial charge in [0.15, 0.2) is 0 Å². The van der Waals surface area contributed by atoms with Gasteiger partial charge in [0.05, 0.1) is 0 Å². The summed E-state index contributed by atoms with van der Waals surface area (Å²) in [5.41, 5.74) is 6.96. The summed E-state index contributed by atoms with van der Waals surface area (Å²) in [5.74, 6) is -0.533. The molecule has 4 N–H and O–H groups in total. The molecule has 1 atom stereocenters. The van der Waals surface area contributed by atoms with E-state index in [9.17, 15) is 13.6 Å². The molecule has 17 heavy (non-hydrogen) atoms. The van der Waals surface area contributed by atoms with Gasteiger partial charge in [-0.1, -0.05) is 6.07 Å². The van der Waals surface area contributed by atoms with Crippen molar-refractivity contribution in [2.24, 2.45) is 0 Å². The van der Waals surface area contributed by atoms with Crippen LogP contribution in [0, 0.1) is 6.92 Å². The van der Waals surface area contributed by atoms with Crippen LogP contribution in [0.15, 0.2) is 18.2 Å². The topological polar surface area (TPSA) is 75.4 Å². The van der Waals surface area contributed by atoms with E-state index < -0.39 is 25.0 Å². The molecule has 1 aromatic carbocycles. The molecular formula is C11H14F2N2O2. The normalized spacial score (nSPS) is 12.5. The molecule has 4 nitrogen and oxygen atoms in total. The van der Waals surface area contributed by atoms with Crippen molar-refractivity contribution < 1.29 is 18.7 Å². The molecule has 0 saturated heterocycles. The van der Waals surface area contributed by atoms with E-state index in [1.807, 2.05) is 0 Å². The Morgan fingerprint density at radius 3 is 2.76 bits per heavy atom. The van der Waals surface area contributed by atoms with Crippen molar-refractivity contribution in [3.8, 4) is 0 Å². The number of alkyl halides is 2. The SMILES string of the molecule is Cc1c(N)cccc1C(=O)NCC(O)C(F)F. The zero-order valence-corrected chi connectivity index (χ0v) is 9.28. The molecular weight excluding hydrogens is 230 g/mol. The number of anilines is 1. The first-order chi connectivity index (χ1) is 7.93. The van der Waals surface area contributed by atoms with E-state index in [1.54, 1.807) is 19.1 Å². The van der Waals surface area contributed by atoms with Gasteiger partial charge in [0.25, 0.3) is 12.3 Å². The van der Waals surface area contributed by atoms with Crippen LogP contribution >= 0.6 is 0 Å². The highest BCUT2D eigenvalue weighted by Crippen LogP contribution is 2.15. The highest BCUT2D eigenvalue weighted by molar-refractivity contribution is 5.96. The number of nitrogens with two attached hydrogens (primary N) is 1. The molecule has 1 rings (SSSR count). The maximum Gasteiger partial charge on any atom is 0.265 e. The zero-order valence-electron chi connectivity index (χ0n) is 9.28. The Kier molecular flexibility index (Phi) is 4.39. The van der Waals surface area contributed by atoms with E-state index in [1.165, 1.54) is 6.07 Å². The van der Waals surface area contributed by atoms with E-state index in [0.717, 1.165) is 0 Å². The van der Waals surface area contributed by atoms with Gasteiger partial charge in [-0.15, -0.1) is 0 Å². The fourth-order valence-corrected chi connectivity index (χ4v) is 1.28. The average molecular weight is 244 g/mol. The Hall–Kier alpha value is -1.69. The Morgan fingerprint density at radius 2 is 2.18 bits per heavy atom. The van der Waals surface area contributed by atoms with E-state index in [-0.39, 0.29) is 0 Å². The van der Waals surface area contributed by atoms with Crippen molar-refractivity contribution in [2.75, 3.05) is 12.3 Å². The molecule has 1 aromatic rings. The molecule has 94 valence electrons. The number of nitrogen functional groups attached to an aromatic ring is 1. The number of carbonyl (C=O) groups is 1. The first-order valence-corrected chi connectivity index (χ1v) is 5.03. The monoisotopic (exact) mass is 244 g/mol. The van der Waals surface area contributed by atoms with Crippen LogP contribution in [-0.4, -0.2) is 30.1 Å². The standard InChI is InChI=1S/C11H14F2N2O2/c1-6-7(3-2-4-8(6)14)11(17)15-5-9(16)10(12)13/h2-4,9-10,16H,5,14H2,1H3,(H,15,17). The van der Waals surface area contributed by atoms with Crippen LogP contribution < -0.4 is 11.1 Å². The van der Waals surface area contributed by atoms with Crippen LogP contribution in [0.3, 0.4) is 0 Å². The molecule has 0 heterocycles. The summed E-state index contributed by atoms with van der Waals surface area (Å²) >= 11 is 0. The van der Waals surface area contributed by atoms with Crippen molar-refractivity contribution in [3.05, 3.63) is 29.3 Å². The lowest BCUT2D eigenvalue weighted by Crippen LogP contribution is -2.36. The molecule has 0 saturated carbocycles. The van der Waals surface area contributed by atoms with Gasteiger partial charge in [0.1, 0.15) is 6.10 Å². The van der Waals surface area contributed by atoms with E-state index in [2.05, 4.69) is 5.32 Å². The summed E-state index contributed by atoms with van der Waals surface area (Å²) in [4.78, 5) is 11.6. The van der Waals surface area contributed by atoms with E-state index in [0.29, 0.717) is 16.8 Å². The number of benzene rings is 1. The number of hydrogen-bond acceptors (Lipinski definition) is 3. The molecule has 0 spiro atoms. The molecule has 6 heteroatoms. The molecule has 0 fully saturated rings. The highest BCUT2D eigenvalue weighted by atomic mass is 19.3. The summed E-state index contributed by atoms with van der Waals surface area (Å²) in [6, 6.07) is 4.77. The minimum Gasteiger partial charge on any atom is -0.398 e. The Bertz CT molecular complexity index is 410. The fraction of sp³-hybridized carbons (Fsp3) is 0.364. The van der Waals surface area contributed by atoms with Crippen LogP contribution in [0.25, 0.3) is 0 Å². The third-order valence-corrected chi connectivity index (χ3v) is 2.38. The van der Waals surface area contributed by atoms with Gasteiger partial charge >= 0.3 is 0 Å². The number of halogens is 2. The molecule has 0 aromatic heterocycles. The van der Waals surface area contributed by atoms with E-state index >= 15 is 0 Å². The van der Waals surface area contributed by atoms with Crippen molar-refractivity contribution in [2.45, 2.75) is 19.5 Å². The van der Waals surface area contributed by atoms with Gasteiger partial charge in [-0.05, 0) is 24.6 Å². The first kappa shape index (κ1) is 13.4. The first-order valence-electron chi connectivity index (χ1n) is 5.03. The molecule has 0 bridgehead atoms. The van der Waals surface area contributed by atoms with Gasteiger partial charge in [-0.25, -0.2) is 8.78 Å². The van der Waals surface area contributed by atoms with Crippen LogP contribution in [0.2, 0.25) is 0 Å². The van der Waals surface area contributed by atoms with E-state index in [4.69, 9.17) is 10.8 Å². The summed E-state index contributed by atoms with van der Waals surface area (Å²) < 4.78 is 24.0. The minimum atomic E-state index is -2.88. The second-order valence-electron chi connectivity index (χ2n) is 3.63. The summed E-state index contributed by atoms with van der Waals surface area (Å²) in [6.45, 7) is 1.17. The fourth-order valence-electron chi connectivity index (χ4n) is 1.28. The van der Waals surface area contributed by atoms with Gasteiger partial charge in [-0.2, -0.15) is 0 Å². The number of aliphatic hydroxyl groups excluding tert-OH is 1. The lowest BCUT2D eigenvalue weighted by molar-refractivity contribution is -0.00270.